The van der Waals surface area contributed by atoms with Gasteiger partial charge in [-0.2, -0.15) is 11.8 Å². The van der Waals surface area contributed by atoms with Crippen molar-refractivity contribution in [3.05, 3.63) is 0 Å². The van der Waals surface area contributed by atoms with E-state index in [0.29, 0.717) is 6.54 Å². The SMILES string of the molecule is CCNC(=NCC1(O)CCSC1)NCCCN1CCC(C)CC1. The molecule has 134 valence electrons. The van der Waals surface area contributed by atoms with E-state index in [1.807, 2.05) is 11.8 Å². The molecule has 2 saturated heterocycles. The van der Waals surface area contributed by atoms with Crippen molar-refractivity contribution in [1.29, 1.82) is 0 Å². The second kappa shape index (κ2) is 9.74. The maximum Gasteiger partial charge on any atom is 0.191 e. The van der Waals surface area contributed by atoms with E-state index in [4.69, 9.17) is 0 Å². The first-order chi connectivity index (χ1) is 11.1. The lowest BCUT2D eigenvalue weighted by molar-refractivity contribution is 0.0778. The molecule has 2 aliphatic heterocycles. The summed E-state index contributed by atoms with van der Waals surface area (Å²) in [6.07, 6.45) is 4.68. The van der Waals surface area contributed by atoms with Gasteiger partial charge >= 0.3 is 0 Å². The van der Waals surface area contributed by atoms with Gasteiger partial charge in [-0.1, -0.05) is 6.92 Å². The molecule has 0 bridgehead atoms. The number of nitrogens with zero attached hydrogens (tertiary/aromatic N) is 2. The Hall–Kier alpha value is -0.460. The van der Waals surface area contributed by atoms with Crippen LogP contribution in [0.2, 0.25) is 0 Å². The molecule has 1 atom stereocenters. The van der Waals surface area contributed by atoms with Gasteiger partial charge in [-0.15, -0.1) is 0 Å². The number of thioether (sulfide) groups is 1. The van der Waals surface area contributed by atoms with Crippen LogP contribution in [0, 0.1) is 5.92 Å². The Morgan fingerprint density at radius 1 is 1.35 bits per heavy atom. The maximum atomic E-state index is 10.4. The van der Waals surface area contributed by atoms with E-state index >= 15 is 0 Å². The van der Waals surface area contributed by atoms with Crippen LogP contribution in [-0.2, 0) is 0 Å². The van der Waals surface area contributed by atoms with Gasteiger partial charge in [0.15, 0.2) is 5.96 Å². The van der Waals surface area contributed by atoms with Crippen LogP contribution in [0.1, 0.15) is 39.5 Å². The minimum absolute atomic E-state index is 0.499. The quantitative estimate of drug-likeness (QED) is 0.372. The molecule has 0 aromatic carbocycles. The van der Waals surface area contributed by atoms with Crippen molar-refractivity contribution in [3.8, 4) is 0 Å². The van der Waals surface area contributed by atoms with Crippen LogP contribution in [0.15, 0.2) is 4.99 Å². The third kappa shape index (κ3) is 6.89. The average Bonchev–Trinajstić information content (AvgIpc) is 2.98. The van der Waals surface area contributed by atoms with Crippen LogP contribution in [0.5, 0.6) is 0 Å². The zero-order valence-corrected chi connectivity index (χ0v) is 15.6. The predicted octanol–water partition coefficient (Wildman–Crippen LogP) is 1.53. The van der Waals surface area contributed by atoms with Gasteiger partial charge < -0.3 is 20.6 Å². The summed E-state index contributed by atoms with van der Waals surface area (Å²) < 4.78 is 0. The Kier molecular flexibility index (Phi) is 7.99. The van der Waals surface area contributed by atoms with E-state index in [1.54, 1.807) is 0 Å². The van der Waals surface area contributed by atoms with E-state index in [9.17, 15) is 5.11 Å². The molecule has 3 N–H and O–H groups in total. The monoisotopic (exact) mass is 342 g/mol. The zero-order valence-electron chi connectivity index (χ0n) is 14.8. The summed E-state index contributed by atoms with van der Waals surface area (Å²) in [5.74, 6) is 3.59. The van der Waals surface area contributed by atoms with Gasteiger partial charge in [-0.05, 0) is 63.9 Å². The van der Waals surface area contributed by atoms with Crippen LogP contribution >= 0.6 is 11.8 Å². The molecule has 0 aromatic heterocycles. The molecule has 0 amide bonds. The summed E-state index contributed by atoms with van der Waals surface area (Å²) in [7, 11) is 0. The fraction of sp³-hybridized carbons (Fsp3) is 0.941. The van der Waals surface area contributed by atoms with Crippen LogP contribution in [0.4, 0.5) is 0 Å². The summed E-state index contributed by atoms with van der Waals surface area (Å²) in [4.78, 5) is 7.15. The Morgan fingerprint density at radius 2 is 2.13 bits per heavy atom. The largest absolute Gasteiger partial charge is 0.387 e. The number of hydrogen-bond donors (Lipinski definition) is 3. The van der Waals surface area contributed by atoms with Crippen molar-refractivity contribution in [2.24, 2.45) is 10.9 Å². The Labute approximate surface area is 145 Å². The van der Waals surface area contributed by atoms with Crippen molar-refractivity contribution in [3.63, 3.8) is 0 Å². The van der Waals surface area contributed by atoms with Gasteiger partial charge in [-0.3, -0.25) is 4.99 Å². The van der Waals surface area contributed by atoms with Gasteiger partial charge in [0.2, 0.25) is 0 Å². The topological polar surface area (TPSA) is 59.9 Å². The first kappa shape index (κ1) is 18.9. The minimum Gasteiger partial charge on any atom is -0.387 e. The van der Waals surface area contributed by atoms with Gasteiger partial charge in [-0.25, -0.2) is 0 Å². The molecule has 0 spiro atoms. The molecular formula is C17H34N4OS. The predicted molar refractivity (Wildman–Crippen MR) is 100 cm³/mol. The highest BCUT2D eigenvalue weighted by atomic mass is 32.2. The highest BCUT2D eigenvalue weighted by molar-refractivity contribution is 7.99. The molecule has 2 rings (SSSR count). The molecular weight excluding hydrogens is 308 g/mol. The summed E-state index contributed by atoms with van der Waals surface area (Å²) in [6, 6.07) is 0. The molecule has 2 fully saturated rings. The average molecular weight is 343 g/mol. The van der Waals surface area contributed by atoms with E-state index in [0.717, 1.165) is 49.3 Å². The van der Waals surface area contributed by atoms with Crippen LogP contribution in [0.25, 0.3) is 0 Å². The van der Waals surface area contributed by atoms with E-state index < -0.39 is 5.60 Å². The number of aliphatic hydroxyl groups is 1. The standard InChI is InChI=1S/C17H34N4OS/c1-3-18-16(20-13-17(22)7-12-23-14-17)19-8-4-9-21-10-5-15(2)6-11-21/h15,22H,3-14H2,1-2H3,(H2,18,19,20). The molecule has 6 heteroatoms. The lowest BCUT2D eigenvalue weighted by Crippen LogP contribution is -2.41. The van der Waals surface area contributed by atoms with Crippen molar-refractivity contribution >= 4 is 17.7 Å². The van der Waals surface area contributed by atoms with Crippen LogP contribution < -0.4 is 10.6 Å². The van der Waals surface area contributed by atoms with Gasteiger partial charge in [0.1, 0.15) is 0 Å². The molecule has 0 aromatic rings. The third-order valence-electron chi connectivity index (χ3n) is 4.78. The fourth-order valence-electron chi connectivity index (χ4n) is 3.08. The summed E-state index contributed by atoms with van der Waals surface area (Å²) in [5.41, 5.74) is -0.600. The van der Waals surface area contributed by atoms with Crippen LogP contribution in [0.3, 0.4) is 0 Å². The molecule has 5 nitrogen and oxygen atoms in total. The second-order valence-electron chi connectivity index (χ2n) is 7.03. The van der Waals surface area contributed by atoms with Crippen molar-refractivity contribution in [2.45, 2.75) is 45.1 Å². The highest BCUT2D eigenvalue weighted by Gasteiger charge is 2.31. The number of hydrogen-bond acceptors (Lipinski definition) is 4. The lowest BCUT2D eigenvalue weighted by Gasteiger charge is -2.30. The van der Waals surface area contributed by atoms with Crippen molar-refractivity contribution < 1.29 is 5.11 Å². The Bertz CT molecular complexity index is 364. The smallest absolute Gasteiger partial charge is 0.191 e. The number of aliphatic imine (C=N–C) groups is 1. The summed E-state index contributed by atoms with van der Waals surface area (Å²) in [6.45, 7) is 10.4. The summed E-state index contributed by atoms with van der Waals surface area (Å²) in [5, 5.41) is 17.1. The van der Waals surface area contributed by atoms with Crippen molar-refractivity contribution in [1.82, 2.24) is 15.5 Å². The zero-order chi connectivity index (χ0) is 16.5. The molecule has 2 aliphatic rings. The number of likely N-dealkylation sites (tertiary alicyclic amines) is 1. The fourth-order valence-corrected chi connectivity index (χ4v) is 4.37. The molecule has 0 saturated carbocycles. The summed E-state index contributed by atoms with van der Waals surface area (Å²) >= 11 is 1.82. The molecule has 2 heterocycles. The van der Waals surface area contributed by atoms with Gasteiger partial charge in [0.05, 0.1) is 12.1 Å². The Morgan fingerprint density at radius 3 is 2.78 bits per heavy atom. The normalized spacial score (nSPS) is 27.3. The number of rotatable bonds is 7. The first-order valence-corrected chi connectivity index (χ1v) is 10.3. The van der Waals surface area contributed by atoms with Gasteiger partial charge in [0, 0.05) is 18.8 Å². The molecule has 1 unspecified atom stereocenters. The number of nitrogens with one attached hydrogen (secondary N) is 2. The van der Waals surface area contributed by atoms with Crippen LogP contribution in [-0.4, -0.2) is 72.3 Å². The van der Waals surface area contributed by atoms with E-state index in [-0.39, 0.29) is 0 Å². The van der Waals surface area contributed by atoms with E-state index in [1.165, 1.54) is 32.5 Å². The van der Waals surface area contributed by atoms with E-state index in [2.05, 4.69) is 34.4 Å². The minimum atomic E-state index is -0.600. The molecule has 0 aliphatic carbocycles. The molecule has 23 heavy (non-hydrogen) atoms. The second-order valence-corrected chi connectivity index (χ2v) is 8.13. The number of guanidine groups is 1. The third-order valence-corrected chi connectivity index (χ3v) is 6.01. The first-order valence-electron chi connectivity index (χ1n) is 9.16. The van der Waals surface area contributed by atoms with Crippen molar-refractivity contribution in [2.75, 3.05) is 50.8 Å². The van der Waals surface area contributed by atoms with Gasteiger partial charge in [0.25, 0.3) is 0 Å². The highest BCUT2D eigenvalue weighted by Crippen LogP contribution is 2.27. The lowest BCUT2D eigenvalue weighted by atomic mass is 9.99. The number of piperidine rings is 1. The maximum absolute atomic E-state index is 10.4. The molecule has 0 radical (unpaired) electrons. The Balaban J connectivity index is 1.65.